The van der Waals surface area contributed by atoms with Crippen LogP contribution in [0.5, 0.6) is 5.75 Å². The molecule has 18 heavy (non-hydrogen) atoms. The molecule has 0 bridgehead atoms. The van der Waals surface area contributed by atoms with Crippen LogP contribution in [0.4, 0.5) is 0 Å². The molecule has 6 heteroatoms. The zero-order chi connectivity index (χ0) is 13.9. The lowest BCUT2D eigenvalue weighted by Crippen LogP contribution is -2.40. The Balaban J connectivity index is 2.82. The third-order valence-electron chi connectivity index (χ3n) is 2.70. The summed E-state index contributed by atoms with van der Waals surface area (Å²) in [6.45, 7) is 3.11. The summed E-state index contributed by atoms with van der Waals surface area (Å²) in [7, 11) is 0. The van der Waals surface area contributed by atoms with Crippen molar-refractivity contribution in [2.45, 2.75) is 19.9 Å². The first kappa shape index (κ1) is 14.5. The van der Waals surface area contributed by atoms with Gasteiger partial charge in [0.05, 0.1) is 11.5 Å². The molecule has 1 amide bonds. The van der Waals surface area contributed by atoms with Crippen molar-refractivity contribution in [3.63, 3.8) is 0 Å². The molecular weight excluding hydrogens is 302 g/mol. The fraction of sp³-hybridized carbons (Fsp3) is 0.333. The van der Waals surface area contributed by atoms with E-state index in [0.29, 0.717) is 4.47 Å². The Kier molecular flexibility index (Phi) is 4.72. The molecule has 0 aliphatic heterocycles. The molecule has 0 heterocycles. The van der Waals surface area contributed by atoms with Crippen molar-refractivity contribution in [3.05, 3.63) is 28.2 Å². The Morgan fingerprint density at radius 1 is 1.33 bits per heavy atom. The highest BCUT2D eigenvalue weighted by molar-refractivity contribution is 9.10. The molecule has 2 unspecified atom stereocenters. The predicted molar refractivity (Wildman–Crippen MR) is 69.5 cm³/mol. The van der Waals surface area contributed by atoms with E-state index in [1.807, 2.05) is 0 Å². The van der Waals surface area contributed by atoms with Crippen LogP contribution in [0.3, 0.4) is 0 Å². The fourth-order valence-corrected chi connectivity index (χ4v) is 1.67. The van der Waals surface area contributed by atoms with Gasteiger partial charge >= 0.3 is 5.97 Å². The first-order valence-corrected chi connectivity index (χ1v) is 6.14. The van der Waals surface area contributed by atoms with Gasteiger partial charge in [0.15, 0.2) is 0 Å². The Morgan fingerprint density at radius 2 is 1.94 bits per heavy atom. The molecule has 0 spiro atoms. The van der Waals surface area contributed by atoms with Crippen LogP contribution in [0.15, 0.2) is 22.7 Å². The lowest BCUT2D eigenvalue weighted by molar-refractivity contribution is -0.141. The number of hydrogen-bond donors (Lipinski definition) is 3. The number of nitrogens with one attached hydrogen (secondary N) is 1. The molecule has 0 aliphatic rings. The molecule has 5 nitrogen and oxygen atoms in total. The van der Waals surface area contributed by atoms with Gasteiger partial charge in [-0.05, 0) is 32.0 Å². The van der Waals surface area contributed by atoms with Crippen molar-refractivity contribution < 1.29 is 19.8 Å². The summed E-state index contributed by atoms with van der Waals surface area (Å²) in [6.07, 6.45) is 0. The molecule has 0 fully saturated rings. The highest BCUT2D eigenvalue weighted by Gasteiger charge is 2.22. The van der Waals surface area contributed by atoms with Crippen LogP contribution in [0.2, 0.25) is 0 Å². The van der Waals surface area contributed by atoms with Crippen molar-refractivity contribution in [2.24, 2.45) is 5.92 Å². The van der Waals surface area contributed by atoms with Gasteiger partial charge in [-0.1, -0.05) is 15.9 Å². The number of amides is 1. The SMILES string of the molecule is CC(NC(=O)c1cc(Br)ccc1O)C(C)C(=O)O. The lowest BCUT2D eigenvalue weighted by atomic mass is 10.0. The fourth-order valence-electron chi connectivity index (χ4n) is 1.31. The molecule has 2 atom stereocenters. The van der Waals surface area contributed by atoms with Crippen molar-refractivity contribution >= 4 is 27.8 Å². The minimum atomic E-state index is -0.985. The summed E-state index contributed by atoms with van der Waals surface area (Å²) in [5.74, 6) is -2.34. The molecule has 0 saturated carbocycles. The number of phenolic OH excluding ortho intramolecular Hbond substituents is 1. The number of carbonyl (C=O) groups is 2. The van der Waals surface area contributed by atoms with E-state index in [0.717, 1.165) is 0 Å². The number of hydrogen-bond acceptors (Lipinski definition) is 3. The number of phenols is 1. The average Bonchev–Trinajstić information content (AvgIpc) is 2.30. The Hall–Kier alpha value is -1.56. The van der Waals surface area contributed by atoms with Crippen molar-refractivity contribution in [1.82, 2.24) is 5.32 Å². The molecule has 98 valence electrons. The first-order chi connectivity index (χ1) is 8.32. The molecule has 1 aromatic carbocycles. The summed E-state index contributed by atoms with van der Waals surface area (Å²) in [5.41, 5.74) is 0.105. The summed E-state index contributed by atoms with van der Waals surface area (Å²) < 4.78 is 0.657. The lowest BCUT2D eigenvalue weighted by Gasteiger charge is -2.18. The Morgan fingerprint density at radius 3 is 2.50 bits per heavy atom. The third kappa shape index (κ3) is 3.46. The Bertz CT molecular complexity index is 475. The number of carboxylic acid groups (broad SMARTS) is 1. The van der Waals surface area contributed by atoms with E-state index >= 15 is 0 Å². The van der Waals surface area contributed by atoms with Crippen LogP contribution in [0.25, 0.3) is 0 Å². The van der Waals surface area contributed by atoms with Crippen LogP contribution < -0.4 is 5.32 Å². The quantitative estimate of drug-likeness (QED) is 0.793. The molecule has 0 aromatic heterocycles. The monoisotopic (exact) mass is 315 g/mol. The second-order valence-corrected chi connectivity index (χ2v) is 4.97. The van der Waals surface area contributed by atoms with Crippen molar-refractivity contribution in [3.8, 4) is 5.75 Å². The number of benzene rings is 1. The van der Waals surface area contributed by atoms with E-state index in [-0.39, 0.29) is 11.3 Å². The van der Waals surface area contributed by atoms with Crippen molar-refractivity contribution in [1.29, 1.82) is 0 Å². The van der Waals surface area contributed by atoms with Gasteiger partial charge in [-0.2, -0.15) is 0 Å². The van der Waals surface area contributed by atoms with Gasteiger partial charge in [-0.15, -0.1) is 0 Å². The van der Waals surface area contributed by atoms with E-state index in [4.69, 9.17) is 5.11 Å². The van der Waals surface area contributed by atoms with Crippen molar-refractivity contribution in [2.75, 3.05) is 0 Å². The van der Waals surface area contributed by atoms with Gasteiger partial charge in [-0.3, -0.25) is 9.59 Å². The van der Waals surface area contributed by atoms with Crippen LogP contribution in [-0.4, -0.2) is 28.1 Å². The molecule has 3 N–H and O–H groups in total. The number of halogens is 1. The molecule has 0 aliphatic carbocycles. The molecule has 0 saturated heterocycles. The molecular formula is C12H14BrNO4. The van der Waals surface area contributed by atoms with Crippen LogP contribution in [0, 0.1) is 5.92 Å². The summed E-state index contributed by atoms with van der Waals surface area (Å²) in [4.78, 5) is 22.6. The number of carbonyl (C=O) groups excluding carboxylic acids is 1. The van der Waals surface area contributed by atoms with Gasteiger partial charge in [-0.25, -0.2) is 0 Å². The highest BCUT2D eigenvalue weighted by atomic mass is 79.9. The minimum Gasteiger partial charge on any atom is -0.507 e. The Labute approximate surface area is 113 Å². The smallest absolute Gasteiger partial charge is 0.308 e. The van der Waals surface area contributed by atoms with Crippen LogP contribution >= 0.6 is 15.9 Å². The van der Waals surface area contributed by atoms with Gasteiger partial charge < -0.3 is 15.5 Å². The molecule has 1 rings (SSSR count). The van der Waals surface area contributed by atoms with Gasteiger partial charge in [0.1, 0.15) is 5.75 Å². The van der Waals surface area contributed by atoms with Gasteiger partial charge in [0.2, 0.25) is 0 Å². The topological polar surface area (TPSA) is 86.6 Å². The maximum absolute atomic E-state index is 11.9. The zero-order valence-corrected chi connectivity index (χ0v) is 11.6. The largest absolute Gasteiger partial charge is 0.507 e. The highest BCUT2D eigenvalue weighted by Crippen LogP contribution is 2.22. The maximum Gasteiger partial charge on any atom is 0.308 e. The molecule has 1 aromatic rings. The van der Waals surface area contributed by atoms with Crippen LogP contribution in [0.1, 0.15) is 24.2 Å². The average molecular weight is 316 g/mol. The molecule has 0 radical (unpaired) electrons. The summed E-state index contributed by atoms with van der Waals surface area (Å²) in [5, 5.41) is 20.9. The van der Waals surface area contributed by atoms with Crippen LogP contribution in [-0.2, 0) is 4.79 Å². The van der Waals surface area contributed by atoms with Gasteiger partial charge in [0, 0.05) is 10.5 Å². The second-order valence-electron chi connectivity index (χ2n) is 4.05. The number of carboxylic acids is 1. The number of aliphatic carboxylic acids is 1. The van der Waals surface area contributed by atoms with E-state index in [9.17, 15) is 14.7 Å². The summed E-state index contributed by atoms with van der Waals surface area (Å²) >= 11 is 3.20. The number of rotatable bonds is 4. The van der Waals surface area contributed by atoms with Gasteiger partial charge in [0.25, 0.3) is 5.91 Å². The zero-order valence-electron chi connectivity index (χ0n) is 9.98. The third-order valence-corrected chi connectivity index (χ3v) is 3.19. The van der Waals surface area contributed by atoms with E-state index in [1.54, 1.807) is 13.0 Å². The second kappa shape index (κ2) is 5.86. The first-order valence-electron chi connectivity index (χ1n) is 5.35. The maximum atomic E-state index is 11.9. The minimum absolute atomic E-state index is 0.105. The predicted octanol–water partition coefficient (Wildman–Crippen LogP) is 1.99. The van der Waals surface area contributed by atoms with E-state index in [2.05, 4.69) is 21.2 Å². The standard InChI is InChI=1S/C12H14BrNO4/c1-6(12(17)18)7(2)14-11(16)9-5-8(13)3-4-10(9)15/h3-7,15H,1-2H3,(H,14,16)(H,17,18). The van der Waals surface area contributed by atoms with E-state index in [1.165, 1.54) is 19.1 Å². The number of aromatic hydroxyl groups is 1. The van der Waals surface area contributed by atoms with E-state index < -0.39 is 23.8 Å². The summed E-state index contributed by atoms with van der Waals surface area (Å²) in [6, 6.07) is 3.94. The normalized spacial score (nSPS) is 13.7.